The first-order valence-corrected chi connectivity index (χ1v) is 15.9. The molecule has 2 N–H and O–H groups in total. The van der Waals surface area contributed by atoms with E-state index >= 15 is 0 Å². The number of hydrogen-bond donors (Lipinski definition) is 2. The number of nitro groups is 1. The van der Waals surface area contributed by atoms with Gasteiger partial charge in [-0.15, -0.1) is 0 Å². The van der Waals surface area contributed by atoms with Crippen LogP contribution < -0.4 is 10.6 Å². The highest BCUT2D eigenvalue weighted by Gasteiger charge is 2.27. The fraction of sp³-hybridized carbons (Fsp3) is 0.154. The molecule has 5 aromatic rings. The van der Waals surface area contributed by atoms with Crippen molar-refractivity contribution in [3.63, 3.8) is 0 Å². The lowest BCUT2D eigenvalue weighted by Crippen LogP contribution is -2.38. The van der Waals surface area contributed by atoms with Crippen molar-refractivity contribution < 1.29 is 23.7 Å². The van der Waals surface area contributed by atoms with Crippen LogP contribution in [0.25, 0.3) is 17.4 Å². The standard InChI is InChI=1S/C39H37N5O6/c1-42(2)24-25-43(3)37(28-10-6-4-7-11-28)39(47)41-34-21-16-30(26-33(34)38(46)29-12-8-5-9-13-29)40-36(45)23-20-32-19-22-35(50-32)27-14-17-31(18-15-27)44(48)49/h4-23,26,37H,24-25H2,1-3H3,(H,40,45)(H,41,47)/b23-20+. The lowest BCUT2D eigenvalue weighted by atomic mass is 9.99. The first-order chi connectivity index (χ1) is 24.1. The average Bonchev–Trinajstić information content (AvgIpc) is 3.60. The summed E-state index contributed by atoms with van der Waals surface area (Å²) in [4.78, 5) is 55.1. The number of furan rings is 1. The van der Waals surface area contributed by atoms with E-state index in [0.717, 1.165) is 12.1 Å². The molecule has 1 aromatic heterocycles. The van der Waals surface area contributed by atoms with E-state index in [0.29, 0.717) is 40.6 Å². The molecule has 0 saturated heterocycles. The number of carbonyl (C=O) groups is 3. The largest absolute Gasteiger partial charge is 0.457 e. The van der Waals surface area contributed by atoms with Crippen molar-refractivity contribution in [1.82, 2.24) is 9.80 Å². The maximum atomic E-state index is 13.9. The van der Waals surface area contributed by atoms with Gasteiger partial charge in [0.1, 0.15) is 17.6 Å². The van der Waals surface area contributed by atoms with Crippen LogP contribution in [0.15, 0.2) is 126 Å². The van der Waals surface area contributed by atoms with Crippen molar-refractivity contribution in [2.45, 2.75) is 6.04 Å². The Morgan fingerprint density at radius 3 is 2.16 bits per heavy atom. The number of nitrogens with one attached hydrogen (secondary N) is 2. The van der Waals surface area contributed by atoms with Crippen LogP contribution in [0.5, 0.6) is 0 Å². The Hall–Kier alpha value is -6.17. The third-order valence-corrected chi connectivity index (χ3v) is 7.92. The number of hydrogen-bond acceptors (Lipinski definition) is 8. The molecule has 254 valence electrons. The second-order valence-electron chi connectivity index (χ2n) is 11.9. The molecule has 4 aromatic carbocycles. The summed E-state index contributed by atoms with van der Waals surface area (Å²) in [5.74, 6) is -0.208. The number of rotatable bonds is 14. The third kappa shape index (κ3) is 9.04. The van der Waals surface area contributed by atoms with Crippen LogP contribution in [0.2, 0.25) is 0 Å². The number of amides is 2. The number of carbonyl (C=O) groups excluding carboxylic acids is 3. The Morgan fingerprint density at radius 1 is 0.820 bits per heavy atom. The lowest BCUT2D eigenvalue weighted by molar-refractivity contribution is -0.384. The van der Waals surface area contributed by atoms with Gasteiger partial charge in [0.15, 0.2) is 5.78 Å². The number of nitro benzene ring substituents is 1. The van der Waals surface area contributed by atoms with Gasteiger partial charge in [0.2, 0.25) is 11.8 Å². The molecule has 0 bridgehead atoms. The first-order valence-electron chi connectivity index (χ1n) is 15.9. The molecule has 0 fully saturated rings. The van der Waals surface area contributed by atoms with Gasteiger partial charge in [-0.05, 0) is 75.2 Å². The summed E-state index contributed by atoms with van der Waals surface area (Å²) in [7, 11) is 5.84. The SMILES string of the molecule is CN(C)CCN(C)C(C(=O)Nc1ccc(NC(=O)/C=C/c2ccc(-c3ccc([N+](=O)[O-])cc3)o2)cc1C(=O)c1ccccc1)c1ccccc1. The molecule has 1 heterocycles. The molecule has 0 aliphatic carbocycles. The quantitative estimate of drug-likeness (QED) is 0.0562. The van der Waals surface area contributed by atoms with Crippen molar-refractivity contribution in [3.8, 4) is 11.3 Å². The second kappa shape index (κ2) is 16.3. The number of non-ortho nitro benzene ring substituents is 1. The van der Waals surface area contributed by atoms with Crippen molar-refractivity contribution in [2.24, 2.45) is 0 Å². The van der Waals surface area contributed by atoms with Gasteiger partial charge in [-0.2, -0.15) is 0 Å². The Kier molecular flexibility index (Phi) is 11.4. The van der Waals surface area contributed by atoms with Crippen molar-refractivity contribution >= 4 is 40.7 Å². The van der Waals surface area contributed by atoms with Gasteiger partial charge >= 0.3 is 0 Å². The summed E-state index contributed by atoms with van der Waals surface area (Å²) < 4.78 is 5.79. The van der Waals surface area contributed by atoms with Crippen molar-refractivity contribution in [1.29, 1.82) is 0 Å². The molecule has 0 aliphatic heterocycles. The summed E-state index contributed by atoms with van der Waals surface area (Å²) in [6, 6.07) is 31.7. The van der Waals surface area contributed by atoms with E-state index in [2.05, 4.69) is 10.6 Å². The Morgan fingerprint density at radius 2 is 1.50 bits per heavy atom. The number of benzene rings is 4. The van der Waals surface area contributed by atoms with E-state index in [1.54, 1.807) is 66.7 Å². The maximum absolute atomic E-state index is 13.9. The van der Waals surface area contributed by atoms with Crippen LogP contribution >= 0.6 is 0 Å². The molecule has 0 saturated carbocycles. The van der Waals surface area contributed by atoms with E-state index in [1.165, 1.54) is 24.3 Å². The van der Waals surface area contributed by atoms with Gasteiger partial charge in [0, 0.05) is 53.7 Å². The number of anilines is 2. The number of ketones is 1. The second-order valence-corrected chi connectivity index (χ2v) is 11.9. The summed E-state index contributed by atoms with van der Waals surface area (Å²) in [5.41, 5.74) is 2.75. The highest BCUT2D eigenvalue weighted by molar-refractivity contribution is 6.15. The van der Waals surface area contributed by atoms with E-state index in [1.807, 2.05) is 67.3 Å². The smallest absolute Gasteiger partial charge is 0.269 e. The molecular formula is C39H37N5O6. The monoisotopic (exact) mass is 671 g/mol. The van der Waals surface area contributed by atoms with Crippen molar-refractivity contribution in [3.05, 3.63) is 154 Å². The van der Waals surface area contributed by atoms with E-state index < -0.39 is 16.9 Å². The fourth-order valence-corrected chi connectivity index (χ4v) is 5.28. The molecule has 11 nitrogen and oxygen atoms in total. The normalized spacial score (nSPS) is 11.9. The van der Waals surface area contributed by atoms with Crippen LogP contribution in [0.4, 0.5) is 17.1 Å². The number of likely N-dealkylation sites (N-methyl/N-ethyl adjacent to an activating group) is 2. The molecular weight excluding hydrogens is 634 g/mol. The van der Waals surface area contributed by atoms with Gasteiger partial charge < -0.3 is 20.0 Å². The topological polar surface area (TPSA) is 138 Å². The Balaban J connectivity index is 1.36. The molecule has 2 amide bonds. The highest BCUT2D eigenvalue weighted by atomic mass is 16.6. The van der Waals surface area contributed by atoms with Gasteiger partial charge in [-0.25, -0.2) is 0 Å². The average molecular weight is 672 g/mol. The fourth-order valence-electron chi connectivity index (χ4n) is 5.28. The minimum Gasteiger partial charge on any atom is -0.457 e. The molecule has 5 rings (SSSR count). The van der Waals surface area contributed by atoms with Crippen LogP contribution in [-0.4, -0.2) is 66.6 Å². The predicted octanol–water partition coefficient (Wildman–Crippen LogP) is 6.91. The van der Waals surface area contributed by atoms with Crippen LogP contribution in [0.1, 0.15) is 33.3 Å². The van der Waals surface area contributed by atoms with Crippen LogP contribution in [0.3, 0.4) is 0 Å². The minimum absolute atomic E-state index is 0.0271. The molecule has 11 heteroatoms. The summed E-state index contributed by atoms with van der Waals surface area (Å²) in [5, 5.41) is 16.7. The third-order valence-electron chi connectivity index (χ3n) is 7.92. The Bertz CT molecular complexity index is 1990. The molecule has 1 atom stereocenters. The van der Waals surface area contributed by atoms with E-state index in [-0.39, 0.29) is 22.9 Å². The highest BCUT2D eigenvalue weighted by Crippen LogP contribution is 2.28. The number of nitrogens with zero attached hydrogens (tertiary/aromatic N) is 3. The zero-order valence-corrected chi connectivity index (χ0v) is 27.9. The Labute approximate surface area is 290 Å². The van der Waals surface area contributed by atoms with E-state index in [9.17, 15) is 24.5 Å². The van der Waals surface area contributed by atoms with Gasteiger partial charge in [-0.3, -0.25) is 29.4 Å². The molecule has 50 heavy (non-hydrogen) atoms. The summed E-state index contributed by atoms with van der Waals surface area (Å²) in [6.45, 7) is 1.37. The summed E-state index contributed by atoms with van der Waals surface area (Å²) >= 11 is 0. The first kappa shape index (κ1) is 35.1. The van der Waals surface area contributed by atoms with Crippen molar-refractivity contribution in [2.75, 3.05) is 44.9 Å². The summed E-state index contributed by atoms with van der Waals surface area (Å²) in [6.07, 6.45) is 2.78. The van der Waals surface area contributed by atoms with Crippen LogP contribution in [-0.2, 0) is 9.59 Å². The molecule has 1 unspecified atom stereocenters. The zero-order valence-electron chi connectivity index (χ0n) is 27.9. The van der Waals surface area contributed by atoms with Gasteiger partial charge in [0.05, 0.1) is 10.6 Å². The lowest BCUT2D eigenvalue weighted by Gasteiger charge is -2.29. The van der Waals surface area contributed by atoms with Crippen LogP contribution in [0, 0.1) is 10.1 Å². The minimum atomic E-state index is -0.622. The molecule has 0 radical (unpaired) electrons. The zero-order chi connectivity index (χ0) is 35.6. The van der Waals surface area contributed by atoms with E-state index in [4.69, 9.17) is 4.42 Å². The molecule has 0 aliphatic rings. The van der Waals surface area contributed by atoms with Gasteiger partial charge in [-0.1, -0.05) is 60.7 Å². The predicted molar refractivity (Wildman–Crippen MR) is 194 cm³/mol. The maximum Gasteiger partial charge on any atom is 0.269 e. The van der Waals surface area contributed by atoms with Gasteiger partial charge in [0.25, 0.3) is 5.69 Å². The molecule has 0 spiro atoms.